The molecule has 3 nitrogen and oxygen atoms in total. The Kier molecular flexibility index (Phi) is 2.69. The molecule has 6 heteroatoms. The summed E-state index contributed by atoms with van der Waals surface area (Å²) < 4.78 is 37.1. The van der Waals surface area contributed by atoms with Gasteiger partial charge in [-0.25, -0.2) is 0 Å². The number of H-pyrrole nitrogens is 1. The molecule has 90 valence electrons. The first-order valence-electron chi connectivity index (χ1n) is 5.34. The number of hydrogen-bond acceptors (Lipinski definition) is 2. The van der Waals surface area contributed by atoms with E-state index in [1.807, 2.05) is 0 Å². The van der Waals surface area contributed by atoms with Crippen molar-refractivity contribution in [2.75, 3.05) is 0 Å². The molecular weight excluding hydrogens is 219 g/mol. The number of aromatic nitrogens is 2. The van der Waals surface area contributed by atoms with Crippen molar-refractivity contribution in [3.8, 4) is 0 Å². The SMILES string of the molecule is NC1(c2cc(C(F)(F)F)n[nH]2)CCCCC1. The van der Waals surface area contributed by atoms with Crippen molar-refractivity contribution in [3.63, 3.8) is 0 Å². The average Bonchev–Trinajstić information content (AvgIpc) is 2.67. The standard InChI is InChI=1S/C10H14F3N3/c11-10(12,13)8-6-7(15-16-8)9(14)4-2-1-3-5-9/h6H,1-5,14H2,(H,15,16). The van der Waals surface area contributed by atoms with Crippen LogP contribution in [-0.4, -0.2) is 10.2 Å². The van der Waals surface area contributed by atoms with Crippen LogP contribution in [0, 0.1) is 0 Å². The first-order valence-corrected chi connectivity index (χ1v) is 5.34. The van der Waals surface area contributed by atoms with Crippen molar-refractivity contribution in [3.05, 3.63) is 17.5 Å². The maximum Gasteiger partial charge on any atom is 0.435 e. The van der Waals surface area contributed by atoms with Gasteiger partial charge in [-0.3, -0.25) is 5.10 Å². The van der Waals surface area contributed by atoms with Gasteiger partial charge in [-0.15, -0.1) is 0 Å². The van der Waals surface area contributed by atoms with Crippen LogP contribution in [-0.2, 0) is 11.7 Å². The number of nitrogens with zero attached hydrogens (tertiary/aromatic N) is 1. The van der Waals surface area contributed by atoms with Gasteiger partial charge in [0.15, 0.2) is 5.69 Å². The number of alkyl halides is 3. The van der Waals surface area contributed by atoms with Gasteiger partial charge in [0.05, 0.1) is 11.2 Å². The smallest absolute Gasteiger partial charge is 0.320 e. The van der Waals surface area contributed by atoms with Crippen molar-refractivity contribution in [2.45, 2.75) is 43.8 Å². The van der Waals surface area contributed by atoms with Gasteiger partial charge in [-0.1, -0.05) is 19.3 Å². The monoisotopic (exact) mass is 233 g/mol. The van der Waals surface area contributed by atoms with Crippen LogP contribution in [0.25, 0.3) is 0 Å². The van der Waals surface area contributed by atoms with Crippen LogP contribution in [0.5, 0.6) is 0 Å². The normalized spacial score (nSPS) is 21.0. The molecule has 1 fully saturated rings. The zero-order valence-electron chi connectivity index (χ0n) is 8.77. The van der Waals surface area contributed by atoms with Crippen LogP contribution in [0.4, 0.5) is 13.2 Å². The predicted octanol–water partition coefficient (Wildman–Crippen LogP) is 2.55. The molecule has 1 saturated carbocycles. The summed E-state index contributed by atoms with van der Waals surface area (Å²) in [5, 5.41) is 5.71. The topological polar surface area (TPSA) is 54.7 Å². The minimum absolute atomic E-state index is 0.402. The second-order valence-electron chi connectivity index (χ2n) is 4.38. The average molecular weight is 233 g/mol. The van der Waals surface area contributed by atoms with Gasteiger partial charge in [0.2, 0.25) is 0 Å². The number of hydrogen-bond donors (Lipinski definition) is 2. The van der Waals surface area contributed by atoms with Crippen molar-refractivity contribution in [1.29, 1.82) is 0 Å². The van der Waals surface area contributed by atoms with Gasteiger partial charge in [0, 0.05) is 0 Å². The molecule has 1 aliphatic carbocycles. The molecule has 2 rings (SSSR count). The fourth-order valence-corrected chi connectivity index (χ4v) is 2.17. The summed E-state index contributed by atoms with van der Waals surface area (Å²) >= 11 is 0. The van der Waals surface area contributed by atoms with Crippen LogP contribution < -0.4 is 5.73 Å². The fourth-order valence-electron chi connectivity index (χ4n) is 2.17. The predicted molar refractivity (Wildman–Crippen MR) is 52.5 cm³/mol. The summed E-state index contributed by atoms with van der Waals surface area (Å²) in [7, 11) is 0. The summed E-state index contributed by atoms with van der Waals surface area (Å²) in [5.41, 5.74) is 4.95. The Morgan fingerprint density at radius 3 is 2.38 bits per heavy atom. The van der Waals surface area contributed by atoms with Gasteiger partial charge in [-0.2, -0.15) is 18.3 Å². The molecule has 0 spiro atoms. The Hall–Kier alpha value is -1.04. The maximum absolute atomic E-state index is 12.4. The third-order valence-electron chi connectivity index (χ3n) is 3.15. The van der Waals surface area contributed by atoms with E-state index < -0.39 is 17.4 Å². The maximum atomic E-state index is 12.4. The Morgan fingerprint density at radius 1 is 1.25 bits per heavy atom. The van der Waals surface area contributed by atoms with Crippen molar-refractivity contribution >= 4 is 0 Å². The van der Waals surface area contributed by atoms with Gasteiger partial charge in [-0.05, 0) is 18.9 Å². The van der Waals surface area contributed by atoms with E-state index in [9.17, 15) is 13.2 Å². The molecular formula is C10H14F3N3. The van der Waals surface area contributed by atoms with Gasteiger partial charge in [0.1, 0.15) is 0 Å². The zero-order chi connectivity index (χ0) is 11.8. The molecule has 0 radical (unpaired) electrons. The summed E-state index contributed by atoms with van der Waals surface area (Å²) in [5.74, 6) is 0. The van der Waals surface area contributed by atoms with Crippen LogP contribution in [0.1, 0.15) is 43.5 Å². The highest BCUT2D eigenvalue weighted by Gasteiger charge is 2.37. The fraction of sp³-hybridized carbons (Fsp3) is 0.700. The first-order chi connectivity index (χ1) is 7.42. The van der Waals surface area contributed by atoms with E-state index >= 15 is 0 Å². The molecule has 3 N–H and O–H groups in total. The van der Waals surface area contributed by atoms with E-state index in [4.69, 9.17) is 5.73 Å². The Labute approximate surface area is 91.2 Å². The van der Waals surface area contributed by atoms with E-state index in [0.29, 0.717) is 18.5 Å². The van der Waals surface area contributed by atoms with Crippen LogP contribution in [0.15, 0.2) is 6.07 Å². The third-order valence-corrected chi connectivity index (χ3v) is 3.15. The lowest BCUT2D eigenvalue weighted by Crippen LogP contribution is -2.39. The van der Waals surface area contributed by atoms with Crippen molar-refractivity contribution in [2.24, 2.45) is 5.73 Å². The zero-order valence-corrected chi connectivity index (χ0v) is 8.77. The lowest BCUT2D eigenvalue weighted by Gasteiger charge is -2.32. The highest BCUT2D eigenvalue weighted by molar-refractivity contribution is 5.20. The number of nitrogens with two attached hydrogens (primary N) is 1. The van der Waals surface area contributed by atoms with Crippen LogP contribution >= 0.6 is 0 Å². The Morgan fingerprint density at radius 2 is 1.88 bits per heavy atom. The van der Waals surface area contributed by atoms with E-state index in [1.54, 1.807) is 0 Å². The summed E-state index contributed by atoms with van der Waals surface area (Å²) in [6, 6.07) is 1.03. The largest absolute Gasteiger partial charge is 0.435 e. The highest BCUT2D eigenvalue weighted by atomic mass is 19.4. The van der Waals surface area contributed by atoms with E-state index in [0.717, 1.165) is 25.3 Å². The molecule has 16 heavy (non-hydrogen) atoms. The summed E-state index contributed by atoms with van der Waals surface area (Å²) in [6.07, 6.45) is 0.0334. The summed E-state index contributed by atoms with van der Waals surface area (Å²) in [6.45, 7) is 0. The quantitative estimate of drug-likeness (QED) is 0.783. The Bertz CT molecular complexity index is 364. The van der Waals surface area contributed by atoms with E-state index in [-0.39, 0.29) is 0 Å². The van der Waals surface area contributed by atoms with Crippen molar-refractivity contribution in [1.82, 2.24) is 10.2 Å². The molecule has 0 unspecified atom stereocenters. The van der Waals surface area contributed by atoms with Gasteiger partial charge < -0.3 is 5.73 Å². The second kappa shape index (κ2) is 3.76. The van der Waals surface area contributed by atoms with Gasteiger partial charge in [0.25, 0.3) is 0 Å². The van der Waals surface area contributed by atoms with Crippen LogP contribution in [0.3, 0.4) is 0 Å². The molecule has 1 heterocycles. The molecule has 0 bridgehead atoms. The molecule has 1 aromatic heterocycles. The van der Waals surface area contributed by atoms with E-state index in [2.05, 4.69) is 10.2 Å². The minimum atomic E-state index is -4.40. The first kappa shape index (κ1) is 11.4. The molecule has 0 aromatic carbocycles. The molecule has 0 atom stereocenters. The Balaban J connectivity index is 2.24. The van der Waals surface area contributed by atoms with E-state index in [1.165, 1.54) is 0 Å². The number of halogens is 3. The lowest BCUT2D eigenvalue weighted by atomic mass is 9.80. The van der Waals surface area contributed by atoms with Gasteiger partial charge >= 0.3 is 6.18 Å². The minimum Gasteiger partial charge on any atom is -0.320 e. The second-order valence-corrected chi connectivity index (χ2v) is 4.38. The number of rotatable bonds is 1. The van der Waals surface area contributed by atoms with Crippen molar-refractivity contribution < 1.29 is 13.2 Å². The highest BCUT2D eigenvalue weighted by Crippen LogP contribution is 2.36. The third kappa shape index (κ3) is 2.07. The van der Waals surface area contributed by atoms with Crippen LogP contribution in [0.2, 0.25) is 0 Å². The molecule has 0 saturated heterocycles. The lowest BCUT2D eigenvalue weighted by molar-refractivity contribution is -0.141. The molecule has 0 aliphatic heterocycles. The molecule has 1 aliphatic rings. The number of aromatic amines is 1. The summed E-state index contributed by atoms with van der Waals surface area (Å²) in [4.78, 5) is 0. The molecule has 1 aromatic rings. The molecule has 0 amide bonds. The number of nitrogens with one attached hydrogen (secondary N) is 1.